The average Bonchev–Trinajstić information content (AvgIpc) is 2.81. The Hall–Kier alpha value is -5.94. The molecule has 0 saturated heterocycles. The maximum atomic E-state index is 11.8. The van der Waals surface area contributed by atoms with Crippen LogP contribution in [0.3, 0.4) is 0 Å². The van der Waals surface area contributed by atoms with Crippen LogP contribution in [0.5, 0.6) is 0 Å². The molecule has 0 radical (unpaired) electrons. The first kappa shape index (κ1) is 24.7. The minimum Gasteiger partial charge on any atom is -0.258 e. The Morgan fingerprint density at radius 1 is 0.361 bits per heavy atom. The maximum Gasteiger partial charge on any atom is 0.422 e. The second kappa shape index (κ2) is 9.13. The lowest BCUT2D eigenvalue weighted by Crippen LogP contribution is -2.05. The lowest BCUT2D eigenvalue weighted by molar-refractivity contribution is -0.440. The number of rotatable bonds is 8. The van der Waals surface area contributed by atoms with Gasteiger partial charge in [-0.05, 0) is 23.3 Å². The molecule has 0 fully saturated rings. The van der Waals surface area contributed by atoms with E-state index >= 15 is 0 Å². The molecule has 18 heteroatoms. The van der Waals surface area contributed by atoms with Crippen LogP contribution in [-0.2, 0) is 0 Å². The van der Waals surface area contributed by atoms with Crippen molar-refractivity contribution in [3.8, 4) is 22.3 Å². The number of nitro groups is 6. The van der Waals surface area contributed by atoms with Gasteiger partial charge >= 0.3 is 34.1 Å². The largest absolute Gasteiger partial charge is 0.422 e. The fraction of sp³-hybridized carbons (Fsp3) is 0. The molecule has 3 aromatic carbocycles. The zero-order valence-electron chi connectivity index (χ0n) is 17.2. The smallest absolute Gasteiger partial charge is 0.258 e. The van der Waals surface area contributed by atoms with E-state index in [0.717, 1.165) is 24.3 Å². The van der Waals surface area contributed by atoms with Crippen molar-refractivity contribution in [1.82, 2.24) is 0 Å². The summed E-state index contributed by atoms with van der Waals surface area (Å²) in [5.41, 5.74) is -9.63. The fourth-order valence-electron chi connectivity index (χ4n) is 3.55. The van der Waals surface area contributed by atoms with Crippen molar-refractivity contribution in [3.63, 3.8) is 0 Å². The summed E-state index contributed by atoms with van der Waals surface area (Å²) >= 11 is 0. The van der Waals surface area contributed by atoms with E-state index in [2.05, 4.69) is 0 Å². The van der Waals surface area contributed by atoms with Gasteiger partial charge in [-0.25, -0.2) is 0 Å². The Labute approximate surface area is 195 Å². The Morgan fingerprint density at radius 3 is 0.917 bits per heavy atom. The summed E-state index contributed by atoms with van der Waals surface area (Å²) in [5.74, 6) is 0. The van der Waals surface area contributed by atoms with E-state index in [-0.39, 0.29) is 11.1 Å². The van der Waals surface area contributed by atoms with Crippen molar-refractivity contribution >= 4 is 34.1 Å². The molecule has 182 valence electrons. The SMILES string of the molecule is O=[N+]([O-])c1ccc(-c2ccccc2-c2ccc([N+](=O)[O-])c([N+](=O)[O-])c2[N+](=O)[O-])c([N+](=O)[O-])c1[N+](=O)[O-]. The zero-order chi connectivity index (χ0) is 26.9. The number of hydrogen-bond donors (Lipinski definition) is 0. The molecule has 18 nitrogen and oxygen atoms in total. The standard InChI is InChI=1S/C18H8N6O12/c25-19(26)13-7-5-11(15(21(29)30)17(13)23(33)34)9-3-1-2-4-10(9)12-6-8-14(20(27)28)18(24(35)36)16(12)22(31)32/h1-8H. The van der Waals surface area contributed by atoms with Crippen LogP contribution in [0, 0.1) is 60.7 Å². The maximum absolute atomic E-state index is 11.8. The highest BCUT2D eigenvalue weighted by Gasteiger charge is 2.42. The molecule has 0 amide bonds. The Morgan fingerprint density at radius 2 is 0.667 bits per heavy atom. The molecule has 0 unspecified atom stereocenters. The van der Waals surface area contributed by atoms with Gasteiger partial charge in [-0.15, -0.1) is 0 Å². The Bertz CT molecular complexity index is 1410. The number of benzene rings is 3. The molecular weight excluding hydrogens is 492 g/mol. The van der Waals surface area contributed by atoms with E-state index in [1.54, 1.807) is 0 Å². The van der Waals surface area contributed by atoms with Crippen LogP contribution in [-0.4, -0.2) is 29.5 Å². The number of nitro benzene ring substituents is 6. The van der Waals surface area contributed by atoms with Gasteiger partial charge in [0.1, 0.15) is 0 Å². The highest BCUT2D eigenvalue weighted by Crippen LogP contribution is 2.49. The molecule has 0 aromatic heterocycles. The van der Waals surface area contributed by atoms with Gasteiger partial charge in [-0.3, -0.25) is 60.7 Å². The van der Waals surface area contributed by atoms with Crippen molar-refractivity contribution in [1.29, 1.82) is 0 Å². The van der Waals surface area contributed by atoms with Gasteiger partial charge in [-0.1, -0.05) is 24.3 Å². The number of hydrogen-bond acceptors (Lipinski definition) is 12. The molecule has 0 aliphatic heterocycles. The highest BCUT2D eigenvalue weighted by molar-refractivity contribution is 5.95. The summed E-state index contributed by atoms with van der Waals surface area (Å²) in [6.07, 6.45) is 0. The van der Waals surface area contributed by atoms with E-state index in [0.29, 0.717) is 12.1 Å². The summed E-state index contributed by atoms with van der Waals surface area (Å²) in [5, 5.41) is 69.1. The third kappa shape index (κ3) is 4.07. The average molecular weight is 500 g/mol. The highest BCUT2D eigenvalue weighted by atomic mass is 16.7. The predicted molar refractivity (Wildman–Crippen MR) is 117 cm³/mol. The molecule has 0 spiro atoms. The molecule has 3 rings (SSSR count). The topological polar surface area (TPSA) is 259 Å². The van der Waals surface area contributed by atoms with Crippen molar-refractivity contribution < 1.29 is 29.5 Å². The molecule has 0 aliphatic rings. The summed E-state index contributed by atoms with van der Waals surface area (Å²) in [6.45, 7) is 0. The predicted octanol–water partition coefficient (Wildman–Crippen LogP) is 4.47. The molecule has 3 aromatic rings. The van der Waals surface area contributed by atoms with Crippen LogP contribution in [0.15, 0.2) is 48.5 Å². The van der Waals surface area contributed by atoms with Crippen LogP contribution in [0.25, 0.3) is 22.3 Å². The van der Waals surface area contributed by atoms with Crippen LogP contribution in [0.4, 0.5) is 34.1 Å². The van der Waals surface area contributed by atoms with Gasteiger partial charge in [0.25, 0.3) is 0 Å². The molecule has 0 atom stereocenters. The Balaban J connectivity index is 2.50. The van der Waals surface area contributed by atoms with Crippen LogP contribution in [0.1, 0.15) is 0 Å². The van der Waals surface area contributed by atoms with Gasteiger partial charge in [0.2, 0.25) is 0 Å². The van der Waals surface area contributed by atoms with Crippen molar-refractivity contribution in [3.05, 3.63) is 109 Å². The minimum atomic E-state index is -1.46. The molecule has 0 N–H and O–H groups in total. The van der Waals surface area contributed by atoms with Crippen molar-refractivity contribution in [2.45, 2.75) is 0 Å². The van der Waals surface area contributed by atoms with Crippen molar-refractivity contribution in [2.24, 2.45) is 0 Å². The lowest BCUT2D eigenvalue weighted by atomic mass is 9.91. The molecule has 0 saturated carbocycles. The van der Waals surface area contributed by atoms with Crippen LogP contribution in [0.2, 0.25) is 0 Å². The minimum absolute atomic E-state index is 0.298. The fourth-order valence-corrected chi connectivity index (χ4v) is 3.55. The van der Waals surface area contributed by atoms with Gasteiger partial charge < -0.3 is 0 Å². The third-order valence-corrected chi connectivity index (χ3v) is 4.89. The summed E-state index contributed by atoms with van der Waals surface area (Å²) in [4.78, 5) is 61.5. The van der Waals surface area contributed by atoms with Gasteiger partial charge in [0, 0.05) is 12.1 Å². The Kier molecular flexibility index (Phi) is 6.26. The van der Waals surface area contributed by atoms with Gasteiger partial charge in [0.05, 0.1) is 40.7 Å². The van der Waals surface area contributed by atoms with E-state index < -0.39 is 74.8 Å². The first-order valence-corrected chi connectivity index (χ1v) is 9.18. The van der Waals surface area contributed by atoms with Crippen LogP contribution >= 0.6 is 0 Å². The third-order valence-electron chi connectivity index (χ3n) is 4.89. The van der Waals surface area contributed by atoms with Crippen molar-refractivity contribution in [2.75, 3.05) is 0 Å². The van der Waals surface area contributed by atoms with Crippen LogP contribution < -0.4 is 0 Å². The number of nitrogens with zero attached hydrogens (tertiary/aromatic N) is 6. The molecule has 0 bridgehead atoms. The monoisotopic (exact) mass is 500 g/mol. The summed E-state index contributed by atoms with van der Waals surface area (Å²) < 4.78 is 0. The second-order valence-electron chi connectivity index (χ2n) is 6.75. The second-order valence-corrected chi connectivity index (χ2v) is 6.75. The first-order valence-electron chi connectivity index (χ1n) is 9.18. The molecular formula is C18H8N6O12. The summed E-state index contributed by atoms with van der Waals surface area (Å²) in [6, 6.07) is 7.70. The molecule has 36 heavy (non-hydrogen) atoms. The zero-order valence-corrected chi connectivity index (χ0v) is 17.2. The molecule has 0 heterocycles. The first-order chi connectivity index (χ1) is 16.9. The lowest BCUT2D eigenvalue weighted by Gasteiger charge is -2.11. The normalized spacial score (nSPS) is 10.4. The van der Waals surface area contributed by atoms with E-state index in [1.807, 2.05) is 0 Å². The van der Waals surface area contributed by atoms with Gasteiger partial charge in [0.15, 0.2) is 0 Å². The molecule has 0 aliphatic carbocycles. The van der Waals surface area contributed by atoms with Gasteiger partial charge in [-0.2, -0.15) is 0 Å². The summed E-state index contributed by atoms with van der Waals surface area (Å²) in [7, 11) is 0. The quantitative estimate of drug-likeness (QED) is 0.306. The van der Waals surface area contributed by atoms with E-state index in [1.165, 1.54) is 12.1 Å². The van der Waals surface area contributed by atoms with E-state index in [4.69, 9.17) is 0 Å². The van der Waals surface area contributed by atoms with E-state index in [9.17, 15) is 60.7 Å².